The summed E-state index contributed by atoms with van der Waals surface area (Å²) in [6, 6.07) is 0. The zero-order valence-electron chi connectivity index (χ0n) is 5.48. The minimum absolute atomic E-state index is 0.0718. The second kappa shape index (κ2) is 4.06. The Bertz CT molecular complexity index is 123. The summed E-state index contributed by atoms with van der Waals surface area (Å²) in [5.41, 5.74) is 0. The third-order valence-electron chi connectivity index (χ3n) is 0.758. The summed E-state index contributed by atoms with van der Waals surface area (Å²) >= 11 is 0. The smallest absolute Gasteiger partial charge is 0.156 e. The molecule has 0 saturated heterocycles. The number of methoxy groups -OCH3 is 1. The van der Waals surface area contributed by atoms with Crippen LogP contribution in [0.3, 0.4) is 0 Å². The van der Waals surface area contributed by atoms with E-state index in [1.165, 1.54) is 14.0 Å². The van der Waals surface area contributed by atoms with Crippen LogP contribution >= 0.6 is 0 Å². The summed E-state index contributed by atoms with van der Waals surface area (Å²) in [7, 11) is 1.33. The molecule has 2 nitrogen and oxygen atoms in total. The Morgan fingerprint density at radius 2 is 2.33 bits per heavy atom. The fraction of sp³-hybridized carbons (Fsp3) is 0.500. The van der Waals surface area contributed by atoms with Crippen molar-refractivity contribution in [2.75, 3.05) is 13.8 Å². The Morgan fingerprint density at radius 3 is 2.44 bits per heavy atom. The van der Waals surface area contributed by atoms with Gasteiger partial charge in [0.05, 0.1) is 7.11 Å². The number of rotatable bonds is 3. The summed E-state index contributed by atoms with van der Waals surface area (Å²) in [5, 5.41) is 0. The molecule has 0 rings (SSSR count). The molecule has 0 N–H and O–H groups in total. The van der Waals surface area contributed by atoms with E-state index in [-0.39, 0.29) is 11.5 Å². The molecule has 0 aliphatic rings. The largest absolute Gasteiger partial charge is 0.498 e. The van der Waals surface area contributed by atoms with Gasteiger partial charge in [-0.1, -0.05) is 0 Å². The Hall–Kier alpha value is -0.860. The topological polar surface area (TPSA) is 26.3 Å². The van der Waals surface area contributed by atoms with Crippen LogP contribution in [0.25, 0.3) is 0 Å². The Labute approximate surface area is 53.3 Å². The van der Waals surface area contributed by atoms with Crippen molar-refractivity contribution in [2.24, 2.45) is 0 Å². The van der Waals surface area contributed by atoms with Crippen LogP contribution in [0.2, 0.25) is 0 Å². The van der Waals surface area contributed by atoms with E-state index < -0.39 is 6.67 Å². The van der Waals surface area contributed by atoms with Crippen molar-refractivity contribution in [3.63, 3.8) is 0 Å². The van der Waals surface area contributed by atoms with Gasteiger partial charge >= 0.3 is 0 Å². The van der Waals surface area contributed by atoms with Gasteiger partial charge in [0.2, 0.25) is 0 Å². The van der Waals surface area contributed by atoms with Crippen LogP contribution in [0.1, 0.15) is 6.92 Å². The van der Waals surface area contributed by atoms with Crippen LogP contribution in [0.4, 0.5) is 4.39 Å². The zero-order chi connectivity index (χ0) is 7.28. The molecule has 0 bridgehead atoms. The van der Waals surface area contributed by atoms with Crippen molar-refractivity contribution >= 4 is 5.78 Å². The molecule has 3 heteroatoms. The second-order valence-electron chi connectivity index (χ2n) is 1.56. The van der Waals surface area contributed by atoms with E-state index in [0.29, 0.717) is 0 Å². The molecular formula is C6H9FO2. The molecule has 0 atom stereocenters. The molecule has 0 aromatic rings. The van der Waals surface area contributed by atoms with Gasteiger partial charge in [0.25, 0.3) is 0 Å². The van der Waals surface area contributed by atoms with E-state index in [1.54, 1.807) is 0 Å². The quantitative estimate of drug-likeness (QED) is 0.424. The predicted octanol–water partition coefficient (Wildman–Crippen LogP) is 1.08. The molecule has 0 radical (unpaired) electrons. The summed E-state index contributed by atoms with van der Waals surface area (Å²) in [5.74, 6) is -0.132. The average Bonchev–Trinajstić information content (AvgIpc) is 1.82. The molecule has 0 spiro atoms. The van der Waals surface area contributed by atoms with Crippen LogP contribution in [0.15, 0.2) is 11.8 Å². The Balaban J connectivity index is 3.91. The van der Waals surface area contributed by atoms with Gasteiger partial charge in [-0.05, 0) is 6.92 Å². The lowest BCUT2D eigenvalue weighted by Crippen LogP contribution is -1.93. The number of halogens is 1. The third-order valence-corrected chi connectivity index (χ3v) is 0.758. The molecule has 0 amide bonds. The van der Waals surface area contributed by atoms with Gasteiger partial charge in [-0.2, -0.15) is 0 Å². The molecule has 0 saturated carbocycles. The molecule has 0 aliphatic heterocycles. The molecule has 0 unspecified atom stereocenters. The van der Waals surface area contributed by atoms with Crippen LogP contribution in [0.5, 0.6) is 0 Å². The van der Waals surface area contributed by atoms with Gasteiger partial charge < -0.3 is 4.74 Å². The lowest BCUT2D eigenvalue weighted by Gasteiger charge is -1.96. The van der Waals surface area contributed by atoms with Gasteiger partial charge in [0.1, 0.15) is 12.4 Å². The first-order valence-corrected chi connectivity index (χ1v) is 2.51. The van der Waals surface area contributed by atoms with Crippen molar-refractivity contribution < 1.29 is 13.9 Å². The Morgan fingerprint density at radius 1 is 1.78 bits per heavy atom. The van der Waals surface area contributed by atoms with Crippen molar-refractivity contribution in [1.29, 1.82) is 0 Å². The van der Waals surface area contributed by atoms with Gasteiger partial charge in [-0.15, -0.1) is 0 Å². The Kier molecular flexibility index (Phi) is 3.67. The average molecular weight is 132 g/mol. The second-order valence-corrected chi connectivity index (χ2v) is 1.56. The summed E-state index contributed by atoms with van der Waals surface area (Å²) in [6.45, 7) is 0.616. The lowest BCUT2D eigenvalue weighted by atomic mass is 10.4. The highest BCUT2D eigenvalue weighted by Gasteiger charge is 1.94. The summed E-state index contributed by atoms with van der Waals surface area (Å²) < 4.78 is 16.1. The normalized spacial score (nSPS) is 11.2. The highest BCUT2D eigenvalue weighted by Crippen LogP contribution is 1.94. The van der Waals surface area contributed by atoms with E-state index in [2.05, 4.69) is 4.74 Å². The van der Waals surface area contributed by atoms with Gasteiger partial charge in [0.15, 0.2) is 5.78 Å². The highest BCUT2D eigenvalue weighted by atomic mass is 19.1. The van der Waals surface area contributed by atoms with E-state index in [9.17, 15) is 9.18 Å². The van der Waals surface area contributed by atoms with Crippen LogP contribution in [-0.2, 0) is 9.53 Å². The number of ketones is 1. The van der Waals surface area contributed by atoms with Crippen LogP contribution in [-0.4, -0.2) is 19.6 Å². The first kappa shape index (κ1) is 8.14. The van der Waals surface area contributed by atoms with Crippen molar-refractivity contribution in [3.05, 3.63) is 11.8 Å². The number of carbonyl (C=O) groups excluding carboxylic acids is 1. The van der Waals surface area contributed by atoms with Crippen LogP contribution < -0.4 is 0 Å². The van der Waals surface area contributed by atoms with Gasteiger partial charge in [-0.25, -0.2) is 4.39 Å². The molecular weight excluding hydrogens is 123 g/mol. The zero-order valence-corrected chi connectivity index (χ0v) is 5.48. The molecule has 0 aromatic carbocycles. The summed E-state index contributed by atoms with van der Waals surface area (Å²) in [4.78, 5) is 10.2. The standard InChI is InChI=1S/C6H9FO2/c1-5(8)3-6(4-7)9-2/h3H,4H2,1-2H3/b6-3+. The minimum atomic E-state index is -0.726. The lowest BCUT2D eigenvalue weighted by molar-refractivity contribution is -0.112. The maximum absolute atomic E-state index is 11.7. The highest BCUT2D eigenvalue weighted by molar-refractivity contribution is 5.87. The molecule has 0 fully saturated rings. The van der Waals surface area contributed by atoms with E-state index in [0.717, 1.165) is 6.08 Å². The SMILES string of the molecule is CO/C(=C/C(C)=O)CF. The molecule has 0 aromatic heterocycles. The monoisotopic (exact) mass is 132 g/mol. The number of hydrogen-bond donors (Lipinski definition) is 0. The van der Waals surface area contributed by atoms with E-state index >= 15 is 0 Å². The van der Waals surface area contributed by atoms with E-state index in [4.69, 9.17) is 0 Å². The maximum atomic E-state index is 11.7. The molecule has 0 aliphatic carbocycles. The number of allylic oxidation sites excluding steroid dienone is 2. The third kappa shape index (κ3) is 3.70. The fourth-order valence-corrected chi connectivity index (χ4v) is 0.379. The number of alkyl halides is 1. The molecule has 9 heavy (non-hydrogen) atoms. The minimum Gasteiger partial charge on any atom is -0.498 e. The fourth-order valence-electron chi connectivity index (χ4n) is 0.379. The van der Waals surface area contributed by atoms with Crippen molar-refractivity contribution in [2.45, 2.75) is 6.92 Å². The van der Waals surface area contributed by atoms with Crippen LogP contribution in [0, 0.1) is 0 Å². The van der Waals surface area contributed by atoms with Gasteiger partial charge in [0, 0.05) is 6.08 Å². The van der Waals surface area contributed by atoms with Gasteiger partial charge in [-0.3, -0.25) is 4.79 Å². The first-order chi connectivity index (χ1) is 4.20. The first-order valence-electron chi connectivity index (χ1n) is 2.51. The molecule has 52 valence electrons. The summed E-state index contributed by atoms with van der Waals surface area (Å²) in [6.07, 6.45) is 1.12. The number of hydrogen-bond acceptors (Lipinski definition) is 2. The van der Waals surface area contributed by atoms with E-state index in [1.807, 2.05) is 0 Å². The number of ether oxygens (including phenoxy) is 1. The van der Waals surface area contributed by atoms with Crippen molar-refractivity contribution in [3.8, 4) is 0 Å². The number of carbonyl (C=O) groups is 1. The maximum Gasteiger partial charge on any atom is 0.156 e. The molecule has 0 heterocycles. The predicted molar refractivity (Wildman–Crippen MR) is 31.7 cm³/mol. The van der Waals surface area contributed by atoms with Crippen molar-refractivity contribution in [1.82, 2.24) is 0 Å².